The lowest BCUT2D eigenvalue weighted by Gasteiger charge is -2.35. The molecule has 2 aromatic rings. The van der Waals surface area contributed by atoms with Crippen LogP contribution in [0.2, 0.25) is 15.1 Å². The van der Waals surface area contributed by atoms with E-state index in [1.165, 1.54) is 0 Å². The van der Waals surface area contributed by atoms with Crippen molar-refractivity contribution >= 4 is 52.1 Å². The molecule has 3 rings (SSSR count). The van der Waals surface area contributed by atoms with Crippen LogP contribution in [0.25, 0.3) is 0 Å². The predicted molar refractivity (Wildman–Crippen MR) is 106 cm³/mol. The highest BCUT2D eigenvalue weighted by molar-refractivity contribution is 6.35. The highest BCUT2D eigenvalue weighted by Crippen LogP contribution is 2.31. The Bertz CT molecular complexity index is 769. The number of hydrogen-bond acceptors (Lipinski definition) is 3. The first-order valence-electron chi connectivity index (χ1n) is 7.93. The first-order valence-corrected chi connectivity index (χ1v) is 9.06. The van der Waals surface area contributed by atoms with Gasteiger partial charge in [0.25, 0.3) is 5.91 Å². The van der Waals surface area contributed by atoms with Crippen LogP contribution in [-0.2, 0) is 0 Å². The molecule has 2 aromatic carbocycles. The molecule has 1 heterocycles. The number of likely N-dealkylation sites (N-methyl/N-ethyl adjacent to an activating group) is 1. The van der Waals surface area contributed by atoms with E-state index in [-0.39, 0.29) is 5.91 Å². The van der Waals surface area contributed by atoms with Crippen LogP contribution in [0.15, 0.2) is 36.4 Å². The minimum atomic E-state index is -0.276. The number of amides is 1. The number of carbonyl (C=O) groups excluding carboxylic acids is 1. The highest BCUT2D eigenvalue weighted by Gasteiger charge is 2.19. The van der Waals surface area contributed by atoms with Gasteiger partial charge in [0.2, 0.25) is 0 Å². The molecule has 1 fully saturated rings. The second kappa shape index (κ2) is 7.83. The second-order valence-electron chi connectivity index (χ2n) is 6.06. The Morgan fingerprint density at radius 1 is 0.920 bits per heavy atom. The molecule has 0 radical (unpaired) electrons. The highest BCUT2D eigenvalue weighted by atomic mass is 35.5. The number of halogens is 3. The van der Waals surface area contributed by atoms with Crippen LogP contribution in [-0.4, -0.2) is 44.0 Å². The van der Waals surface area contributed by atoms with E-state index in [0.717, 1.165) is 31.9 Å². The summed E-state index contributed by atoms with van der Waals surface area (Å²) >= 11 is 18.1. The Morgan fingerprint density at radius 2 is 1.56 bits per heavy atom. The van der Waals surface area contributed by atoms with Gasteiger partial charge in [-0.05, 0) is 43.4 Å². The fourth-order valence-corrected chi connectivity index (χ4v) is 3.51. The van der Waals surface area contributed by atoms with Crippen molar-refractivity contribution in [3.63, 3.8) is 0 Å². The Hall–Kier alpha value is -1.46. The van der Waals surface area contributed by atoms with Gasteiger partial charge in [-0.25, -0.2) is 0 Å². The monoisotopic (exact) mass is 397 g/mol. The second-order valence-corrected chi connectivity index (χ2v) is 7.37. The van der Waals surface area contributed by atoms with Crippen LogP contribution in [0.3, 0.4) is 0 Å². The zero-order valence-corrected chi connectivity index (χ0v) is 16.0. The molecule has 0 aliphatic carbocycles. The topological polar surface area (TPSA) is 35.6 Å². The minimum Gasteiger partial charge on any atom is -0.367 e. The summed E-state index contributed by atoms with van der Waals surface area (Å²) in [5.74, 6) is -0.276. The van der Waals surface area contributed by atoms with Crippen molar-refractivity contribution in [2.24, 2.45) is 0 Å². The SMILES string of the molecule is CN1CCN(c2ccc(Cl)cc2NC(=O)c2cc(Cl)cc(Cl)c2)CC1. The van der Waals surface area contributed by atoms with Crippen LogP contribution >= 0.6 is 34.8 Å². The number of hydrogen-bond donors (Lipinski definition) is 1. The lowest BCUT2D eigenvalue weighted by atomic mass is 10.1. The molecule has 0 atom stereocenters. The van der Waals surface area contributed by atoms with Crippen LogP contribution < -0.4 is 10.2 Å². The molecule has 1 aliphatic rings. The maximum absolute atomic E-state index is 12.6. The Labute approximate surface area is 162 Å². The lowest BCUT2D eigenvalue weighted by Crippen LogP contribution is -2.44. The summed E-state index contributed by atoms with van der Waals surface area (Å²) in [7, 11) is 2.10. The summed E-state index contributed by atoms with van der Waals surface area (Å²) in [5.41, 5.74) is 2.04. The zero-order chi connectivity index (χ0) is 18.0. The standard InChI is InChI=1S/C18H18Cl3N3O/c1-23-4-6-24(7-5-23)17-3-2-13(19)11-16(17)22-18(25)12-8-14(20)10-15(21)9-12/h2-3,8-11H,4-7H2,1H3,(H,22,25). The summed E-state index contributed by atoms with van der Waals surface area (Å²) in [6, 6.07) is 10.3. The number of anilines is 2. The fraction of sp³-hybridized carbons (Fsp3) is 0.278. The first kappa shape index (κ1) is 18.3. The van der Waals surface area contributed by atoms with Gasteiger partial charge in [0.15, 0.2) is 0 Å². The molecule has 1 N–H and O–H groups in total. The van der Waals surface area contributed by atoms with Crippen LogP contribution in [0.1, 0.15) is 10.4 Å². The maximum atomic E-state index is 12.6. The number of nitrogens with zero attached hydrogens (tertiary/aromatic N) is 2. The van der Waals surface area contributed by atoms with Crippen LogP contribution in [0.4, 0.5) is 11.4 Å². The Balaban J connectivity index is 1.86. The van der Waals surface area contributed by atoms with Gasteiger partial charge < -0.3 is 15.1 Å². The van der Waals surface area contributed by atoms with E-state index in [1.54, 1.807) is 24.3 Å². The van der Waals surface area contributed by atoms with Crippen molar-refractivity contribution in [3.8, 4) is 0 Å². The van der Waals surface area contributed by atoms with Crippen molar-refractivity contribution in [2.45, 2.75) is 0 Å². The van der Waals surface area contributed by atoms with Gasteiger partial charge >= 0.3 is 0 Å². The minimum absolute atomic E-state index is 0.276. The molecule has 4 nitrogen and oxygen atoms in total. The maximum Gasteiger partial charge on any atom is 0.255 e. The van der Waals surface area contributed by atoms with Gasteiger partial charge in [0.05, 0.1) is 11.4 Å². The summed E-state index contributed by atoms with van der Waals surface area (Å²) in [5, 5.41) is 4.34. The lowest BCUT2D eigenvalue weighted by molar-refractivity contribution is 0.102. The van der Waals surface area contributed by atoms with Gasteiger partial charge in [-0.15, -0.1) is 0 Å². The summed E-state index contributed by atoms with van der Waals surface area (Å²) in [6.45, 7) is 3.73. The van der Waals surface area contributed by atoms with E-state index in [2.05, 4.69) is 22.2 Å². The molecule has 132 valence electrons. The van der Waals surface area contributed by atoms with Gasteiger partial charge in [0.1, 0.15) is 0 Å². The molecule has 0 spiro atoms. The average molecular weight is 399 g/mol. The molecule has 0 unspecified atom stereocenters. The molecule has 25 heavy (non-hydrogen) atoms. The normalized spacial score (nSPS) is 15.3. The van der Waals surface area contributed by atoms with E-state index in [1.807, 2.05) is 12.1 Å². The number of benzene rings is 2. The zero-order valence-electron chi connectivity index (χ0n) is 13.7. The predicted octanol–water partition coefficient (Wildman–Crippen LogP) is 4.65. The smallest absolute Gasteiger partial charge is 0.255 e. The Morgan fingerprint density at radius 3 is 2.20 bits per heavy atom. The van der Waals surface area contributed by atoms with E-state index in [4.69, 9.17) is 34.8 Å². The molecular weight excluding hydrogens is 381 g/mol. The number of carbonyl (C=O) groups is 1. The molecule has 1 saturated heterocycles. The molecule has 0 bridgehead atoms. The van der Waals surface area contributed by atoms with Crippen molar-refractivity contribution in [1.29, 1.82) is 0 Å². The third-order valence-corrected chi connectivity index (χ3v) is 4.85. The van der Waals surface area contributed by atoms with Crippen LogP contribution in [0.5, 0.6) is 0 Å². The fourth-order valence-electron chi connectivity index (χ4n) is 2.81. The number of rotatable bonds is 3. The number of piperazine rings is 1. The number of nitrogens with one attached hydrogen (secondary N) is 1. The van der Waals surface area contributed by atoms with E-state index >= 15 is 0 Å². The molecular formula is C18H18Cl3N3O. The van der Waals surface area contributed by atoms with Crippen molar-refractivity contribution in [2.75, 3.05) is 43.4 Å². The van der Waals surface area contributed by atoms with Gasteiger partial charge in [-0.1, -0.05) is 34.8 Å². The average Bonchev–Trinajstić information content (AvgIpc) is 2.55. The summed E-state index contributed by atoms with van der Waals surface area (Å²) in [6.07, 6.45) is 0. The van der Waals surface area contributed by atoms with Gasteiger partial charge in [-0.3, -0.25) is 4.79 Å². The Kier molecular flexibility index (Phi) is 5.74. The van der Waals surface area contributed by atoms with Crippen molar-refractivity contribution < 1.29 is 4.79 Å². The van der Waals surface area contributed by atoms with E-state index in [0.29, 0.717) is 26.3 Å². The van der Waals surface area contributed by atoms with Crippen molar-refractivity contribution in [3.05, 3.63) is 57.0 Å². The summed E-state index contributed by atoms with van der Waals surface area (Å²) in [4.78, 5) is 17.1. The molecule has 1 aliphatic heterocycles. The molecule has 0 aromatic heterocycles. The first-order chi connectivity index (χ1) is 11.9. The summed E-state index contributed by atoms with van der Waals surface area (Å²) < 4.78 is 0. The van der Waals surface area contributed by atoms with Gasteiger partial charge in [0, 0.05) is 46.8 Å². The molecule has 1 amide bonds. The third kappa shape index (κ3) is 4.59. The van der Waals surface area contributed by atoms with Gasteiger partial charge in [-0.2, -0.15) is 0 Å². The van der Waals surface area contributed by atoms with E-state index < -0.39 is 0 Å². The molecule has 7 heteroatoms. The van der Waals surface area contributed by atoms with E-state index in [9.17, 15) is 4.79 Å². The largest absolute Gasteiger partial charge is 0.367 e. The van der Waals surface area contributed by atoms with Crippen LogP contribution in [0, 0.1) is 0 Å². The quantitative estimate of drug-likeness (QED) is 0.817. The third-order valence-electron chi connectivity index (χ3n) is 4.18. The molecule has 0 saturated carbocycles. The van der Waals surface area contributed by atoms with Crippen molar-refractivity contribution in [1.82, 2.24) is 4.90 Å².